The van der Waals surface area contributed by atoms with E-state index in [1.807, 2.05) is 36.4 Å². The third kappa shape index (κ3) is 7.84. The first-order valence-electron chi connectivity index (χ1n) is 12.9. The predicted molar refractivity (Wildman–Crippen MR) is 135 cm³/mol. The molecule has 3 aromatic rings. The van der Waals surface area contributed by atoms with E-state index in [1.54, 1.807) is 24.3 Å². The molecule has 1 heterocycles. The van der Waals surface area contributed by atoms with Crippen LogP contribution in [0, 0.1) is 5.92 Å². The lowest BCUT2D eigenvalue weighted by Gasteiger charge is -2.40. The summed E-state index contributed by atoms with van der Waals surface area (Å²) in [7, 11) is 0. The quantitative estimate of drug-likeness (QED) is 0.257. The Bertz CT molecular complexity index is 1170. The van der Waals surface area contributed by atoms with Gasteiger partial charge in [0.2, 0.25) is 0 Å². The predicted octanol–water partition coefficient (Wildman–Crippen LogP) is 7.53. The van der Waals surface area contributed by atoms with Gasteiger partial charge in [0.15, 0.2) is 6.29 Å². The molecule has 1 saturated heterocycles. The summed E-state index contributed by atoms with van der Waals surface area (Å²) in [6.45, 7) is -0.0777. The van der Waals surface area contributed by atoms with Crippen molar-refractivity contribution in [1.29, 1.82) is 0 Å². The summed E-state index contributed by atoms with van der Waals surface area (Å²) in [5.41, 5.74) is -1.59. The molecular weight excluding hydrogens is 538 g/mol. The van der Waals surface area contributed by atoms with E-state index in [4.69, 9.17) is 14.2 Å². The standard InChI is InChI=1S/C30H30F6O4/c31-29(32,33)24-15-23(16-25(17-24)30(34,35)36)26(19-38-18-20-7-3-1-4-8-20)40-28-27(21-9-5-2-6-10-21)22(11-13-37)12-14-39-28/h1-10,15-17,22,26-28,37H,11-14,18-19H2. The van der Waals surface area contributed by atoms with Gasteiger partial charge in [0.05, 0.1) is 30.9 Å². The first-order chi connectivity index (χ1) is 19.1. The van der Waals surface area contributed by atoms with Gasteiger partial charge in [-0.05, 0) is 53.6 Å². The maximum absolute atomic E-state index is 13.7. The molecule has 4 atom stereocenters. The Morgan fingerprint density at radius 3 is 2.02 bits per heavy atom. The molecule has 0 amide bonds. The molecule has 1 aliphatic rings. The number of rotatable bonds is 10. The monoisotopic (exact) mass is 568 g/mol. The molecule has 0 spiro atoms. The van der Waals surface area contributed by atoms with Crippen molar-refractivity contribution >= 4 is 0 Å². The van der Waals surface area contributed by atoms with Crippen LogP contribution in [0.2, 0.25) is 0 Å². The second-order valence-electron chi connectivity index (χ2n) is 9.70. The molecule has 1 aliphatic heterocycles. The zero-order valence-corrected chi connectivity index (χ0v) is 21.5. The van der Waals surface area contributed by atoms with E-state index >= 15 is 0 Å². The summed E-state index contributed by atoms with van der Waals surface area (Å²) >= 11 is 0. The molecule has 4 nitrogen and oxygen atoms in total. The zero-order chi connectivity index (χ0) is 28.8. The van der Waals surface area contributed by atoms with Crippen LogP contribution in [-0.4, -0.2) is 31.2 Å². The van der Waals surface area contributed by atoms with Gasteiger partial charge < -0.3 is 19.3 Å². The van der Waals surface area contributed by atoms with Crippen LogP contribution >= 0.6 is 0 Å². The van der Waals surface area contributed by atoms with Crippen molar-refractivity contribution in [3.8, 4) is 0 Å². The van der Waals surface area contributed by atoms with Gasteiger partial charge in [-0.1, -0.05) is 60.7 Å². The first kappa shape index (κ1) is 30.0. The fourth-order valence-electron chi connectivity index (χ4n) is 4.96. The highest BCUT2D eigenvalue weighted by Crippen LogP contribution is 2.42. The second kappa shape index (κ2) is 13.2. The fraction of sp³-hybridized carbons (Fsp3) is 0.400. The topological polar surface area (TPSA) is 47.9 Å². The van der Waals surface area contributed by atoms with Gasteiger partial charge in [-0.2, -0.15) is 26.3 Å². The Hall–Kier alpha value is -2.92. The molecule has 4 unspecified atom stereocenters. The lowest BCUT2D eigenvalue weighted by Crippen LogP contribution is -2.38. The lowest BCUT2D eigenvalue weighted by molar-refractivity contribution is -0.222. The number of benzene rings is 3. The third-order valence-corrected chi connectivity index (χ3v) is 6.92. The lowest BCUT2D eigenvalue weighted by atomic mass is 9.80. The summed E-state index contributed by atoms with van der Waals surface area (Å²) in [6, 6.07) is 19.6. The summed E-state index contributed by atoms with van der Waals surface area (Å²) in [5, 5.41) is 9.65. The largest absolute Gasteiger partial charge is 0.416 e. The molecule has 0 aliphatic carbocycles. The van der Waals surface area contributed by atoms with Crippen molar-refractivity contribution in [3.63, 3.8) is 0 Å². The van der Waals surface area contributed by atoms with E-state index in [-0.39, 0.29) is 44.0 Å². The molecule has 10 heteroatoms. The molecule has 3 aromatic carbocycles. The average molecular weight is 569 g/mol. The van der Waals surface area contributed by atoms with Gasteiger partial charge in [0.25, 0.3) is 0 Å². The SMILES string of the molecule is OCCC1CCOC(OC(COCc2ccccc2)c2cc(C(F)(F)F)cc(C(F)(F)F)c2)C1c1ccccc1. The first-order valence-corrected chi connectivity index (χ1v) is 12.9. The van der Waals surface area contributed by atoms with Crippen LogP contribution in [0.4, 0.5) is 26.3 Å². The number of ether oxygens (including phenoxy) is 3. The highest BCUT2D eigenvalue weighted by molar-refractivity contribution is 5.35. The van der Waals surface area contributed by atoms with Gasteiger partial charge in [0.1, 0.15) is 6.10 Å². The maximum atomic E-state index is 13.7. The van der Waals surface area contributed by atoms with Crippen LogP contribution in [0.15, 0.2) is 78.9 Å². The van der Waals surface area contributed by atoms with Gasteiger partial charge >= 0.3 is 12.4 Å². The smallest absolute Gasteiger partial charge is 0.396 e. The molecular formula is C30H30F6O4. The van der Waals surface area contributed by atoms with E-state index in [2.05, 4.69) is 0 Å². The number of halogens is 6. The molecule has 40 heavy (non-hydrogen) atoms. The molecule has 0 radical (unpaired) electrons. The Labute approximate surface area is 228 Å². The van der Waals surface area contributed by atoms with Crippen molar-refractivity contribution in [2.45, 2.75) is 50.1 Å². The van der Waals surface area contributed by atoms with Crippen molar-refractivity contribution < 1.29 is 45.7 Å². The third-order valence-electron chi connectivity index (χ3n) is 6.92. The fourth-order valence-corrected chi connectivity index (χ4v) is 4.96. The number of aliphatic hydroxyl groups is 1. The van der Waals surface area contributed by atoms with Gasteiger partial charge in [-0.3, -0.25) is 0 Å². The van der Waals surface area contributed by atoms with E-state index in [0.29, 0.717) is 25.0 Å². The van der Waals surface area contributed by atoms with Crippen LogP contribution in [0.5, 0.6) is 0 Å². The normalized spacial score (nSPS) is 20.8. The van der Waals surface area contributed by atoms with Crippen LogP contribution in [0.3, 0.4) is 0 Å². The minimum Gasteiger partial charge on any atom is -0.396 e. The molecule has 1 N–H and O–H groups in total. The maximum Gasteiger partial charge on any atom is 0.416 e. The highest BCUT2D eigenvalue weighted by atomic mass is 19.4. The number of aliphatic hydroxyl groups excluding tert-OH is 1. The van der Waals surface area contributed by atoms with Crippen LogP contribution in [0.25, 0.3) is 0 Å². The van der Waals surface area contributed by atoms with Gasteiger partial charge in [-0.25, -0.2) is 0 Å². The van der Waals surface area contributed by atoms with Crippen molar-refractivity contribution in [3.05, 3.63) is 107 Å². The molecule has 0 saturated carbocycles. The van der Waals surface area contributed by atoms with Crippen molar-refractivity contribution in [1.82, 2.24) is 0 Å². The molecule has 0 bridgehead atoms. The van der Waals surface area contributed by atoms with Crippen LogP contribution in [0.1, 0.15) is 52.7 Å². The van der Waals surface area contributed by atoms with E-state index in [0.717, 1.165) is 11.1 Å². The molecule has 4 rings (SSSR count). The van der Waals surface area contributed by atoms with Crippen LogP contribution < -0.4 is 0 Å². The molecule has 216 valence electrons. The minimum absolute atomic E-state index is 0.0760. The summed E-state index contributed by atoms with van der Waals surface area (Å²) in [4.78, 5) is 0. The summed E-state index contributed by atoms with van der Waals surface area (Å²) < 4.78 is 99.9. The van der Waals surface area contributed by atoms with Gasteiger partial charge in [-0.15, -0.1) is 0 Å². The Balaban J connectivity index is 1.70. The van der Waals surface area contributed by atoms with E-state index in [1.165, 1.54) is 0 Å². The molecule has 0 aromatic heterocycles. The van der Waals surface area contributed by atoms with Crippen molar-refractivity contribution in [2.75, 3.05) is 19.8 Å². The van der Waals surface area contributed by atoms with Gasteiger partial charge in [0, 0.05) is 12.5 Å². The zero-order valence-electron chi connectivity index (χ0n) is 21.5. The summed E-state index contributed by atoms with van der Waals surface area (Å²) in [6.07, 6.45) is -11.3. The van der Waals surface area contributed by atoms with Crippen molar-refractivity contribution in [2.24, 2.45) is 5.92 Å². The number of alkyl halides is 6. The Kier molecular flexibility index (Phi) is 9.89. The highest BCUT2D eigenvalue weighted by Gasteiger charge is 2.40. The number of hydrogen-bond acceptors (Lipinski definition) is 4. The Morgan fingerprint density at radius 1 is 0.850 bits per heavy atom. The van der Waals surface area contributed by atoms with E-state index < -0.39 is 41.8 Å². The molecule has 1 fully saturated rings. The average Bonchev–Trinajstić information content (AvgIpc) is 2.93. The number of hydrogen-bond donors (Lipinski definition) is 1. The van der Waals surface area contributed by atoms with Crippen LogP contribution in [-0.2, 0) is 33.2 Å². The second-order valence-corrected chi connectivity index (χ2v) is 9.70. The summed E-state index contributed by atoms with van der Waals surface area (Å²) in [5.74, 6) is -0.490. The van der Waals surface area contributed by atoms with E-state index in [9.17, 15) is 31.4 Å². The Morgan fingerprint density at radius 2 is 1.45 bits per heavy atom. The minimum atomic E-state index is -5.01.